The molecule has 0 saturated carbocycles. The molecule has 1 unspecified atom stereocenters. The second-order valence-corrected chi connectivity index (χ2v) is 6.93. The molecule has 1 atom stereocenters. The van der Waals surface area contributed by atoms with Crippen LogP contribution in [0.15, 0.2) is 30.3 Å². The van der Waals surface area contributed by atoms with Crippen molar-refractivity contribution in [3.63, 3.8) is 0 Å². The number of nitrogens with one attached hydrogen (secondary N) is 1. The Morgan fingerprint density at radius 2 is 1.80 bits per heavy atom. The molecule has 0 spiro atoms. The zero-order chi connectivity index (χ0) is 14.8. The van der Waals surface area contributed by atoms with Crippen LogP contribution in [-0.2, 0) is 6.42 Å². The van der Waals surface area contributed by atoms with E-state index in [-0.39, 0.29) is 0 Å². The summed E-state index contributed by atoms with van der Waals surface area (Å²) in [5.41, 5.74) is 1.87. The molecule has 0 heterocycles. The fraction of sp³-hybridized carbons (Fsp3) is 0.684. The summed E-state index contributed by atoms with van der Waals surface area (Å²) in [5.74, 6) is 0. The molecule has 1 nitrogen and oxygen atoms in total. The van der Waals surface area contributed by atoms with Gasteiger partial charge in [-0.05, 0) is 37.2 Å². The van der Waals surface area contributed by atoms with E-state index in [9.17, 15) is 0 Å². The van der Waals surface area contributed by atoms with Gasteiger partial charge >= 0.3 is 0 Å². The summed E-state index contributed by atoms with van der Waals surface area (Å²) in [5, 5.41) is 3.72. The highest BCUT2D eigenvalue weighted by Crippen LogP contribution is 2.23. The summed E-state index contributed by atoms with van der Waals surface area (Å²) in [6.07, 6.45) is 7.77. The van der Waals surface area contributed by atoms with Gasteiger partial charge in [0.25, 0.3) is 0 Å². The van der Waals surface area contributed by atoms with E-state index < -0.39 is 0 Å². The Kier molecular flexibility index (Phi) is 7.91. The van der Waals surface area contributed by atoms with Crippen LogP contribution in [0, 0.1) is 5.41 Å². The molecule has 1 aromatic rings. The minimum absolute atomic E-state index is 0.427. The molecule has 1 aromatic carbocycles. The second-order valence-electron chi connectivity index (χ2n) is 6.93. The third-order valence-electron chi connectivity index (χ3n) is 4.10. The zero-order valence-corrected chi connectivity index (χ0v) is 13.9. The van der Waals surface area contributed by atoms with Gasteiger partial charge < -0.3 is 5.32 Å². The smallest absolute Gasteiger partial charge is 0.00421 e. The number of hydrogen-bond donors (Lipinski definition) is 1. The van der Waals surface area contributed by atoms with Gasteiger partial charge in [-0.1, -0.05) is 70.4 Å². The third kappa shape index (κ3) is 7.69. The van der Waals surface area contributed by atoms with Crippen molar-refractivity contribution in [1.29, 1.82) is 0 Å². The maximum atomic E-state index is 3.72. The molecule has 0 fully saturated rings. The Labute approximate surface area is 126 Å². The first-order valence-electron chi connectivity index (χ1n) is 8.31. The summed E-state index contributed by atoms with van der Waals surface area (Å²) in [7, 11) is 0. The van der Waals surface area contributed by atoms with Gasteiger partial charge in [-0.3, -0.25) is 0 Å². The van der Waals surface area contributed by atoms with Crippen LogP contribution in [-0.4, -0.2) is 12.6 Å². The molecule has 0 saturated heterocycles. The molecule has 0 aliphatic carbocycles. The van der Waals surface area contributed by atoms with Crippen LogP contribution in [0.25, 0.3) is 0 Å². The van der Waals surface area contributed by atoms with Crippen molar-refractivity contribution in [2.75, 3.05) is 6.54 Å². The fourth-order valence-corrected chi connectivity index (χ4v) is 2.52. The topological polar surface area (TPSA) is 12.0 Å². The number of unbranched alkanes of at least 4 members (excludes halogenated alkanes) is 2. The average molecular weight is 275 g/mol. The Morgan fingerprint density at radius 3 is 2.45 bits per heavy atom. The summed E-state index contributed by atoms with van der Waals surface area (Å²) >= 11 is 0. The van der Waals surface area contributed by atoms with Gasteiger partial charge in [0, 0.05) is 12.6 Å². The normalized spacial score (nSPS) is 13.4. The predicted molar refractivity (Wildman–Crippen MR) is 90.2 cm³/mol. The molecule has 0 aliphatic rings. The zero-order valence-electron chi connectivity index (χ0n) is 13.9. The Bertz CT molecular complexity index is 342. The van der Waals surface area contributed by atoms with Crippen LogP contribution >= 0.6 is 0 Å². The van der Waals surface area contributed by atoms with Crippen molar-refractivity contribution in [2.24, 2.45) is 5.41 Å². The maximum Gasteiger partial charge on any atom is 0.00421 e. The van der Waals surface area contributed by atoms with E-state index in [2.05, 4.69) is 63.3 Å². The molecule has 20 heavy (non-hydrogen) atoms. The van der Waals surface area contributed by atoms with Gasteiger partial charge in [0.2, 0.25) is 0 Å². The third-order valence-corrected chi connectivity index (χ3v) is 4.10. The highest BCUT2D eigenvalue weighted by molar-refractivity contribution is 5.14. The summed E-state index contributed by atoms with van der Waals surface area (Å²) < 4.78 is 0. The molecule has 0 amide bonds. The summed E-state index contributed by atoms with van der Waals surface area (Å²) in [4.78, 5) is 0. The van der Waals surface area contributed by atoms with Gasteiger partial charge in [0.05, 0.1) is 0 Å². The van der Waals surface area contributed by atoms with Gasteiger partial charge in [-0.25, -0.2) is 0 Å². The summed E-state index contributed by atoms with van der Waals surface area (Å²) in [6.45, 7) is 10.5. The molecular weight excluding hydrogens is 242 g/mol. The number of hydrogen-bond acceptors (Lipinski definition) is 1. The maximum absolute atomic E-state index is 3.72. The molecule has 1 heteroatoms. The lowest BCUT2D eigenvalue weighted by Gasteiger charge is -2.27. The molecule has 0 aliphatic heterocycles. The van der Waals surface area contributed by atoms with Crippen LogP contribution in [0.1, 0.15) is 65.4 Å². The first-order chi connectivity index (χ1) is 9.53. The lowest BCUT2D eigenvalue weighted by Crippen LogP contribution is -2.35. The van der Waals surface area contributed by atoms with Gasteiger partial charge in [-0.2, -0.15) is 0 Å². The van der Waals surface area contributed by atoms with E-state index >= 15 is 0 Å². The van der Waals surface area contributed by atoms with Gasteiger partial charge in [0.1, 0.15) is 0 Å². The summed E-state index contributed by atoms with van der Waals surface area (Å²) in [6, 6.07) is 11.4. The van der Waals surface area contributed by atoms with Gasteiger partial charge in [-0.15, -0.1) is 0 Å². The fourth-order valence-electron chi connectivity index (χ4n) is 2.52. The Balaban J connectivity index is 2.20. The lowest BCUT2D eigenvalue weighted by atomic mass is 9.86. The molecule has 1 N–H and O–H groups in total. The van der Waals surface area contributed by atoms with Crippen molar-refractivity contribution in [2.45, 2.75) is 72.3 Å². The first kappa shape index (κ1) is 17.2. The van der Waals surface area contributed by atoms with Crippen molar-refractivity contribution in [3.05, 3.63) is 35.9 Å². The predicted octanol–water partition coefficient (Wildman–Crippen LogP) is 5.20. The minimum Gasteiger partial charge on any atom is -0.314 e. The quantitative estimate of drug-likeness (QED) is 0.578. The standard InChI is InChI=1S/C19H33N/c1-5-6-10-15-19(3,4)16-20-17(2)13-14-18-11-8-7-9-12-18/h7-9,11-12,17,20H,5-6,10,13-16H2,1-4H3. The molecule has 0 aromatic heterocycles. The molecular formula is C19H33N. The monoisotopic (exact) mass is 275 g/mol. The van der Waals surface area contributed by atoms with Crippen LogP contribution in [0.4, 0.5) is 0 Å². The first-order valence-corrected chi connectivity index (χ1v) is 8.31. The highest BCUT2D eigenvalue weighted by atomic mass is 14.9. The molecule has 1 rings (SSSR count). The number of benzene rings is 1. The van der Waals surface area contributed by atoms with E-state index in [1.54, 1.807) is 0 Å². The Morgan fingerprint density at radius 1 is 1.10 bits per heavy atom. The van der Waals surface area contributed by atoms with E-state index in [0.29, 0.717) is 11.5 Å². The Hall–Kier alpha value is -0.820. The van der Waals surface area contributed by atoms with Gasteiger partial charge in [0.15, 0.2) is 0 Å². The minimum atomic E-state index is 0.427. The van der Waals surface area contributed by atoms with Crippen molar-refractivity contribution < 1.29 is 0 Å². The van der Waals surface area contributed by atoms with Crippen LogP contribution < -0.4 is 5.32 Å². The lowest BCUT2D eigenvalue weighted by molar-refractivity contribution is 0.287. The van der Waals surface area contributed by atoms with Crippen molar-refractivity contribution in [3.8, 4) is 0 Å². The second kappa shape index (κ2) is 9.18. The van der Waals surface area contributed by atoms with Crippen LogP contribution in [0.2, 0.25) is 0 Å². The number of rotatable bonds is 10. The van der Waals surface area contributed by atoms with E-state index in [1.165, 1.54) is 44.1 Å². The van der Waals surface area contributed by atoms with Crippen molar-refractivity contribution >= 4 is 0 Å². The molecule has 114 valence electrons. The molecule has 0 radical (unpaired) electrons. The highest BCUT2D eigenvalue weighted by Gasteiger charge is 2.17. The number of aryl methyl sites for hydroxylation is 1. The van der Waals surface area contributed by atoms with E-state index in [4.69, 9.17) is 0 Å². The van der Waals surface area contributed by atoms with E-state index in [0.717, 1.165) is 6.54 Å². The van der Waals surface area contributed by atoms with Crippen LogP contribution in [0.3, 0.4) is 0 Å². The van der Waals surface area contributed by atoms with Crippen LogP contribution in [0.5, 0.6) is 0 Å². The largest absolute Gasteiger partial charge is 0.314 e. The average Bonchev–Trinajstić information content (AvgIpc) is 2.44. The van der Waals surface area contributed by atoms with Crippen molar-refractivity contribution in [1.82, 2.24) is 5.32 Å². The SMILES string of the molecule is CCCCCC(C)(C)CNC(C)CCc1ccccc1. The van der Waals surface area contributed by atoms with E-state index in [1.807, 2.05) is 0 Å². The molecule has 0 bridgehead atoms.